The molecule has 0 aliphatic rings. The molecule has 13 heavy (non-hydrogen) atoms. The van der Waals surface area contributed by atoms with Crippen LogP contribution in [0.25, 0.3) is 6.08 Å². The number of benzene rings is 1. The number of halogens is 1. The van der Waals surface area contributed by atoms with Crippen LogP contribution >= 0.6 is 15.9 Å². The molecule has 0 N–H and O–H groups in total. The predicted octanol–water partition coefficient (Wildman–Crippen LogP) is 3.41. The van der Waals surface area contributed by atoms with Crippen molar-refractivity contribution in [2.75, 3.05) is 12.4 Å². The van der Waals surface area contributed by atoms with Gasteiger partial charge >= 0.3 is 0 Å². The number of hydrogen-bond acceptors (Lipinski definition) is 1. The summed E-state index contributed by atoms with van der Waals surface area (Å²) in [6.07, 6.45) is 4.16. The van der Waals surface area contributed by atoms with Gasteiger partial charge in [-0.2, -0.15) is 0 Å². The molecule has 0 unspecified atom stereocenters. The van der Waals surface area contributed by atoms with Crippen LogP contribution in [0.1, 0.15) is 11.1 Å². The third kappa shape index (κ3) is 2.88. The number of rotatable bonds is 3. The maximum absolute atomic E-state index is 5.17. The van der Waals surface area contributed by atoms with Crippen LogP contribution in [0, 0.1) is 6.92 Å². The van der Waals surface area contributed by atoms with Crippen LogP contribution in [0.15, 0.2) is 24.3 Å². The third-order valence-corrected chi connectivity index (χ3v) is 2.19. The van der Waals surface area contributed by atoms with E-state index in [0.717, 1.165) is 11.1 Å². The number of hydrogen-bond donors (Lipinski definition) is 0. The molecule has 0 aliphatic carbocycles. The first-order chi connectivity index (χ1) is 6.27. The lowest BCUT2D eigenvalue weighted by Gasteiger charge is -2.04. The van der Waals surface area contributed by atoms with Crippen LogP contribution in [-0.2, 0) is 0 Å². The van der Waals surface area contributed by atoms with Crippen molar-refractivity contribution < 1.29 is 4.74 Å². The summed E-state index contributed by atoms with van der Waals surface area (Å²) < 4.78 is 5.17. The Morgan fingerprint density at radius 2 is 2.23 bits per heavy atom. The summed E-state index contributed by atoms with van der Waals surface area (Å²) in [5.41, 5.74) is 2.37. The van der Waals surface area contributed by atoms with Gasteiger partial charge in [-0.15, -0.1) is 0 Å². The van der Waals surface area contributed by atoms with Crippen LogP contribution in [0.5, 0.6) is 5.75 Å². The van der Waals surface area contributed by atoms with Gasteiger partial charge in [0, 0.05) is 5.33 Å². The van der Waals surface area contributed by atoms with Gasteiger partial charge in [0.25, 0.3) is 0 Å². The molecule has 1 rings (SSSR count). The van der Waals surface area contributed by atoms with Crippen LogP contribution in [0.3, 0.4) is 0 Å². The molecule has 0 saturated heterocycles. The minimum atomic E-state index is 0.887. The van der Waals surface area contributed by atoms with Crippen molar-refractivity contribution in [1.29, 1.82) is 0 Å². The van der Waals surface area contributed by atoms with E-state index >= 15 is 0 Å². The minimum absolute atomic E-state index is 0.887. The van der Waals surface area contributed by atoms with E-state index in [0.29, 0.717) is 0 Å². The first-order valence-electron chi connectivity index (χ1n) is 4.15. The van der Waals surface area contributed by atoms with Gasteiger partial charge in [-0.1, -0.05) is 34.1 Å². The molecule has 0 saturated carbocycles. The fraction of sp³-hybridized carbons (Fsp3) is 0.273. The number of alkyl halides is 1. The smallest absolute Gasteiger partial charge is 0.121 e. The average molecular weight is 241 g/mol. The summed E-state index contributed by atoms with van der Waals surface area (Å²) in [6, 6.07) is 6.15. The average Bonchev–Trinajstić information content (AvgIpc) is 2.15. The van der Waals surface area contributed by atoms with Crippen LogP contribution in [-0.4, -0.2) is 12.4 Å². The number of allylic oxidation sites excluding steroid dienone is 1. The number of methoxy groups -OCH3 is 1. The molecule has 1 aromatic carbocycles. The molecule has 1 nitrogen and oxygen atoms in total. The Balaban J connectivity index is 2.89. The second-order valence-electron chi connectivity index (χ2n) is 2.79. The first kappa shape index (κ1) is 10.3. The van der Waals surface area contributed by atoms with Crippen molar-refractivity contribution >= 4 is 22.0 Å². The van der Waals surface area contributed by atoms with E-state index in [1.54, 1.807) is 7.11 Å². The van der Waals surface area contributed by atoms with Crippen molar-refractivity contribution in [2.45, 2.75) is 6.92 Å². The Kier molecular flexibility index (Phi) is 4.03. The fourth-order valence-electron chi connectivity index (χ4n) is 1.19. The van der Waals surface area contributed by atoms with Crippen molar-refractivity contribution in [3.8, 4) is 5.75 Å². The molecule has 0 fully saturated rings. The van der Waals surface area contributed by atoms with Crippen LogP contribution < -0.4 is 4.74 Å². The molecule has 0 aliphatic heterocycles. The normalized spacial score (nSPS) is 10.7. The van der Waals surface area contributed by atoms with E-state index in [1.807, 2.05) is 19.1 Å². The summed E-state index contributed by atoms with van der Waals surface area (Å²) in [5, 5.41) is 0.887. The Hall–Kier alpha value is -0.760. The lowest BCUT2D eigenvalue weighted by Crippen LogP contribution is -1.86. The molecular formula is C11H13BrO. The molecule has 2 heteroatoms. The standard InChI is InChI=1S/C11H13BrO/c1-9-8-10(4-3-7-12)5-6-11(9)13-2/h3-6,8H,7H2,1-2H3/b4-3+. The summed E-state index contributed by atoms with van der Waals surface area (Å²) in [7, 11) is 1.69. The SMILES string of the molecule is COc1ccc(/C=C/CBr)cc1C. The van der Waals surface area contributed by atoms with Gasteiger partial charge in [0.15, 0.2) is 0 Å². The molecule has 0 heterocycles. The lowest BCUT2D eigenvalue weighted by molar-refractivity contribution is 0.411. The van der Waals surface area contributed by atoms with Gasteiger partial charge in [0.05, 0.1) is 7.11 Å². The zero-order valence-electron chi connectivity index (χ0n) is 7.88. The monoisotopic (exact) mass is 240 g/mol. The number of ether oxygens (including phenoxy) is 1. The predicted molar refractivity (Wildman–Crippen MR) is 60.6 cm³/mol. The Morgan fingerprint density at radius 3 is 2.77 bits per heavy atom. The maximum atomic E-state index is 5.17. The lowest BCUT2D eigenvalue weighted by atomic mass is 10.1. The second-order valence-corrected chi connectivity index (χ2v) is 3.43. The highest BCUT2D eigenvalue weighted by Crippen LogP contribution is 2.19. The largest absolute Gasteiger partial charge is 0.496 e. The van der Waals surface area contributed by atoms with Gasteiger partial charge in [0.2, 0.25) is 0 Å². The number of aryl methyl sites for hydroxylation is 1. The highest BCUT2D eigenvalue weighted by Gasteiger charge is 1.96. The molecule has 0 amide bonds. The summed E-state index contributed by atoms with van der Waals surface area (Å²) in [6.45, 7) is 2.05. The van der Waals surface area contributed by atoms with E-state index in [2.05, 4.69) is 34.1 Å². The van der Waals surface area contributed by atoms with Crippen molar-refractivity contribution in [3.63, 3.8) is 0 Å². The third-order valence-electron chi connectivity index (χ3n) is 1.82. The van der Waals surface area contributed by atoms with Crippen molar-refractivity contribution in [2.24, 2.45) is 0 Å². The van der Waals surface area contributed by atoms with Crippen molar-refractivity contribution in [1.82, 2.24) is 0 Å². The minimum Gasteiger partial charge on any atom is -0.496 e. The maximum Gasteiger partial charge on any atom is 0.121 e. The molecule has 70 valence electrons. The van der Waals surface area contributed by atoms with Crippen LogP contribution in [0.4, 0.5) is 0 Å². The Morgan fingerprint density at radius 1 is 1.46 bits per heavy atom. The van der Waals surface area contributed by atoms with E-state index in [1.165, 1.54) is 11.1 Å². The second kappa shape index (κ2) is 5.07. The van der Waals surface area contributed by atoms with Crippen LogP contribution in [0.2, 0.25) is 0 Å². The van der Waals surface area contributed by atoms with Gasteiger partial charge in [0.1, 0.15) is 5.75 Å². The van der Waals surface area contributed by atoms with E-state index in [4.69, 9.17) is 4.74 Å². The zero-order chi connectivity index (χ0) is 9.68. The highest BCUT2D eigenvalue weighted by atomic mass is 79.9. The van der Waals surface area contributed by atoms with Gasteiger partial charge in [-0.3, -0.25) is 0 Å². The molecule has 0 bridgehead atoms. The molecule has 0 atom stereocenters. The van der Waals surface area contributed by atoms with E-state index in [-0.39, 0.29) is 0 Å². The molecular weight excluding hydrogens is 228 g/mol. The first-order valence-corrected chi connectivity index (χ1v) is 5.27. The Bertz CT molecular complexity index is 305. The van der Waals surface area contributed by atoms with Crippen molar-refractivity contribution in [3.05, 3.63) is 35.4 Å². The molecule has 0 radical (unpaired) electrons. The summed E-state index contributed by atoms with van der Waals surface area (Å²) in [5.74, 6) is 0.941. The highest BCUT2D eigenvalue weighted by molar-refractivity contribution is 9.09. The molecule has 0 aromatic heterocycles. The van der Waals surface area contributed by atoms with Gasteiger partial charge in [-0.25, -0.2) is 0 Å². The van der Waals surface area contributed by atoms with Gasteiger partial charge in [-0.05, 0) is 30.2 Å². The quantitative estimate of drug-likeness (QED) is 0.737. The molecule has 1 aromatic rings. The molecule has 0 spiro atoms. The van der Waals surface area contributed by atoms with E-state index in [9.17, 15) is 0 Å². The summed E-state index contributed by atoms with van der Waals surface area (Å²) >= 11 is 3.34. The summed E-state index contributed by atoms with van der Waals surface area (Å²) in [4.78, 5) is 0. The fourth-order valence-corrected chi connectivity index (χ4v) is 1.37. The van der Waals surface area contributed by atoms with Gasteiger partial charge < -0.3 is 4.74 Å². The van der Waals surface area contributed by atoms with E-state index < -0.39 is 0 Å². The zero-order valence-corrected chi connectivity index (χ0v) is 9.47. The Labute approximate surface area is 87.5 Å². The topological polar surface area (TPSA) is 9.23 Å².